The Morgan fingerprint density at radius 2 is 2.38 bits per heavy atom. The standard InChI is InChI=1S/C11H9N3OS/c1-2-10(15)14-9-5-8(6-12-7-9)11-13-3-4-16-11/h2-7H,1H2,(H,14,15). The summed E-state index contributed by atoms with van der Waals surface area (Å²) in [5, 5.41) is 5.42. The van der Waals surface area contributed by atoms with E-state index >= 15 is 0 Å². The van der Waals surface area contributed by atoms with E-state index in [1.807, 2.05) is 11.4 Å². The number of hydrogen-bond donors (Lipinski definition) is 1. The largest absolute Gasteiger partial charge is 0.321 e. The molecule has 2 heterocycles. The van der Waals surface area contributed by atoms with Crippen LogP contribution in [0.5, 0.6) is 0 Å². The fourth-order valence-electron chi connectivity index (χ4n) is 1.18. The molecule has 2 aromatic rings. The zero-order valence-electron chi connectivity index (χ0n) is 8.38. The molecule has 0 bridgehead atoms. The maximum absolute atomic E-state index is 11.1. The highest BCUT2D eigenvalue weighted by Crippen LogP contribution is 2.23. The summed E-state index contributed by atoms with van der Waals surface area (Å²) in [5.74, 6) is -0.252. The van der Waals surface area contributed by atoms with Crippen molar-refractivity contribution in [3.8, 4) is 10.6 Å². The van der Waals surface area contributed by atoms with Crippen molar-refractivity contribution in [3.63, 3.8) is 0 Å². The van der Waals surface area contributed by atoms with Crippen LogP contribution in [0.2, 0.25) is 0 Å². The first-order chi connectivity index (χ1) is 7.79. The van der Waals surface area contributed by atoms with Crippen LogP contribution in [-0.2, 0) is 4.79 Å². The predicted molar refractivity (Wildman–Crippen MR) is 64.2 cm³/mol. The molecule has 4 nitrogen and oxygen atoms in total. The number of aromatic nitrogens is 2. The van der Waals surface area contributed by atoms with Gasteiger partial charge in [-0.25, -0.2) is 4.98 Å². The Balaban J connectivity index is 2.26. The van der Waals surface area contributed by atoms with E-state index in [0.717, 1.165) is 10.6 Å². The Labute approximate surface area is 96.7 Å². The summed E-state index contributed by atoms with van der Waals surface area (Å²) in [4.78, 5) is 19.3. The van der Waals surface area contributed by atoms with Gasteiger partial charge in [0.15, 0.2) is 0 Å². The van der Waals surface area contributed by atoms with Crippen LogP contribution in [-0.4, -0.2) is 15.9 Å². The molecule has 0 aliphatic carbocycles. The lowest BCUT2D eigenvalue weighted by molar-refractivity contribution is -0.111. The van der Waals surface area contributed by atoms with Gasteiger partial charge < -0.3 is 5.32 Å². The molecular formula is C11H9N3OS. The number of anilines is 1. The van der Waals surface area contributed by atoms with Gasteiger partial charge in [0.05, 0.1) is 11.9 Å². The molecule has 0 saturated heterocycles. The van der Waals surface area contributed by atoms with Crippen molar-refractivity contribution < 1.29 is 4.79 Å². The molecular weight excluding hydrogens is 222 g/mol. The summed E-state index contributed by atoms with van der Waals surface area (Å²) in [6.07, 6.45) is 6.24. The van der Waals surface area contributed by atoms with Gasteiger partial charge in [-0.2, -0.15) is 0 Å². The van der Waals surface area contributed by atoms with Gasteiger partial charge in [0.1, 0.15) is 5.01 Å². The van der Waals surface area contributed by atoms with E-state index in [0.29, 0.717) is 5.69 Å². The summed E-state index contributed by atoms with van der Waals surface area (Å²) in [5.41, 5.74) is 1.52. The van der Waals surface area contributed by atoms with Crippen LogP contribution in [0.25, 0.3) is 10.6 Å². The molecule has 0 radical (unpaired) electrons. The Bertz CT molecular complexity index is 508. The average molecular weight is 231 g/mol. The van der Waals surface area contributed by atoms with Gasteiger partial charge >= 0.3 is 0 Å². The molecule has 2 rings (SSSR count). The van der Waals surface area contributed by atoms with Crippen LogP contribution in [0.15, 0.2) is 42.7 Å². The minimum Gasteiger partial charge on any atom is -0.321 e. The lowest BCUT2D eigenvalue weighted by atomic mass is 10.3. The van der Waals surface area contributed by atoms with Gasteiger partial charge in [-0.15, -0.1) is 11.3 Å². The zero-order valence-corrected chi connectivity index (χ0v) is 9.20. The summed E-state index contributed by atoms with van der Waals surface area (Å²) in [6, 6.07) is 1.83. The van der Waals surface area contributed by atoms with E-state index in [4.69, 9.17) is 0 Å². The van der Waals surface area contributed by atoms with Crippen molar-refractivity contribution in [2.75, 3.05) is 5.32 Å². The average Bonchev–Trinajstić information content (AvgIpc) is 2.83. The molecule has 1 N–H and O–H groups in total. The summed E-state index contributed by atoms with van der Waals surface area (Å²) >= 11 is 1.53. The number of thiazole rings is 1. The predicted octanol–water partition coefficient (Wildman–Crippen LogP) is 2.33. The van der Waals surface area contributed by atoms with Crippen LogP contribution in [0.3, 0.4) is 0 Å². The number of pyridine rings is 1. The van der Waals surface area contributed by atoms with Crippen LogP contribution in [0, 0.1) is 0 Å². The molecule has 2 aromatic heterocycles. The number of hydrogen-bond acceptors (Lipinski definition) is 4. The zero-order chi connectivity index (χ0) is 11.4. The lowest BCUT2D eigenvalue weighted by Crippen LogP contribution is -2.07. The quantitative estimate of drug-likeness (QED) is 0.825. The highest BCUT2D eigenvalue weighted by Gasteiger charge is 2.03. The van der Waals surface area contributed by atoms with E-state index in [1.165, 1.54) is 17.4 Å². The number of rotatable bonds is 3. The molecule has 0 aromatic carbocycles. The van der Waals surface area contributed by atoms with Gasteiger partial charge in [0.2, 0.25) is 5.91 Å². The van der Waals surface area contributed by atoms with E-state index in [2.05, 4.69) is 21.9 Å². The van der Waals surface area contributed by atoms with Crippen molar-refractivity contribution in [2.45, 2.75) is 0 Å². The monoisotopic (exact) mass is 231 g/mol. The second-order valence-electron chi connectivity index (χ2n) is 2.99. The van der Waals surface area contributed by atoms with Gasteiger partial charge in [-0.1, -0.05) is 6.58 Å². The second kappa shape index (κ2) is 4.67. The molecule has 16 heavy (non-hydrogen) atoms. The maximum atomic E-state index is 11.1. The molecule has 80 valence electrons. The van der Waals surface area contributed by atoms with Crippen molar-refractivity contribution in [1.29, 1.82) is 0 Å². The molecule has 0 unspecified atom stereocenters. The van der Waals surface area contributed by atoms with E-state index in [-0.39, 0.29) is 5.91 Å². The summed E-state index contributed by atoms with van der Waals surface area (Å²) < 4.78 is 0. The molecule has 0 atom stereocenters. The third-order valence-corrected chi connectivity index (χ3v) is 2.69. The third-order valence-electron chi connectivity index (χ3n) is 1.87. The van der Waals surface area contributed by atoms with Gasteiger partial charge in [0, 0.05) is 23.3 Å². The molecule has 0 spiro atoms. The minimum absolute atomic E-state index is 0.252. The Morgan fingerprint density at radius 3 is 3.06 bits per heavy atom. The molecule has 0 aliphatic rings. The van der Waals surface area contributed by atoms with Crippen molar-refractivity contribution in [2.24, 2.45) is 0 Å². The number of carbonyl (C=O) groups is 1. The van der Waals surface area contributed by atoms with Crippen molar-refractivity contribution in [1.82, 2.24) is 9.97 Å². The Kier molecular flexibility index (Phi) is 3.07. The smallest absolute Gasteiger partial charge is 0.247 e. The van der Waals surface area contributed by atoms with E-state index < -0.39 is 0 Å². The van der Waals surface area contributed by atoms with Crippen LogP contribution >= 0.6 is 11.3 Å². The Morgan fingerprint density at radius 1 is 1.50 bits per heavy atom. The fourth-order valence-corrected chi connectivity index (χ4v) is 1.80. The highest BCUT2D eigenvalue weighted by molar-refractivity contribution is 7.13. The first kappa shape index (κ1) is 10.5. The lowest BCUT2D eigenvalue weighted by Gasteiger charge is -2.02. The topological polar surface area (TPSA) is 54.9 Å². The number of amides is 1. The second-order valence-corrected chi connectivity index (χ2v) is 3.89. The molecule has 5 heteroatoms. The van der Waals surface area contributed by atoms with Crippen LogP contribution < -0.4 is 5.32 Å². The maximum Gasteiger partial charge on any atom is 0.247 e. The molecule has 0 saturated carbocycles. The van der Waals surface area contributed by atoms with Gasteiger partial charge in [0.25, 0.3) is 0 Å². The summed E-state index contributed by atoms with van der Waals surface area (Å²) in [6.45, 7) is 3.39. The van der Waals surface area contributed by atoms with Crippen LogP contribution in [0.1, 0.15) is 0 Å². The van der Waals surface area contributed by atoms with Crippen molar-refractivity contribution >= 4 is 22.9 Å². The van der Waals surface area contributed by atoms with Gasteiger partial charge in [-0.05, 0) is 12.1 Å². The highest BCUT2D eigenvalue weighted by atomic mass is 32.1. The fraction of sp³-hybridized carbons (Fsp3) is 0. The summed E-state index contributed by atoms with van der Waals surface area (Å²) in [7, 11) is 0. The van der Waals surface area contributed by atoms with Crippen molar-refractivity contribution in [3.05, 3.63) is 42.7 Å². The SMILES string of the molecule is C=CC(=O)Nc1cncc(-c2nccs2)c1. The third kappa shape index (κ3) is 2.32. The van der Waals surface area contributed by atoms with Crippen LogP contribution in [0.4, 0.5) is 5.69 Å². The molecule has 0 fully saturated rings. The van der Waals surface area contributed by atoms with E-state index in [1.54, 1.807) is 18.6 Å². The van der Waals surface area contributed by atoms with Gasteiger partial charge in [-0.3, -0.25) is 9.78 Å². The number of nitrogens with one attached hydrogen (secondary N) is 1. The minimum atomic E-state index is -0.252. The first-order valence-corrected chi connectivity index (χ1v) is 5.46. The van der Waals surface area contributed by atoms with E-state index in [9.17, 15) is 4.79 Å². The Hall–Kier alpha value is -2.01. The number of nitrogens with zero attached hydrogens (tertiary/aromatic N) is 2. The molecule has 0 aliphatic heterocycles. The first-order valence-electron chi connectivity index (χ1n) is 4.58. The molecule has 1 amide bonds. The normalized spacial score (nSPS) is 9.75. The number of carbonyl (C=O) groups excluding carboxylic acids is 1.